The van der Waals surface area contributed by atoms with Crippen LogP contribution in [-0.2, 0) is 22.5 Å². The standard InChI is InChI=1S/C17H24N6O4S/c1-10-5-14(20-22(10)3)15(24)19-13-6-12-8-23(28(4,25)26)9-17(12,7-13)16-18-11(2)21-27-16/h5,12-13H,6-9H2,1-4H3,(H,19,24)/t12-,13+,17-/m0/s1. The summed E-state index contributed by atoms with van der Waals surface area (Å²) in [5, 5.41) is 11.2. The maximum Gasteiger partial charge on any atom is 0.272 e. The summed E-state index contributed by atoms with van der Waals surface area (Å²) in [5.74, 6) is 0.729. The molecule has 0 bridgehead atoms. The van der Waals surface area contributed by atoms with Crippen molar-refractivity contribution in [2.45, 2.75) is 38.1 Å². The zero-order chi connectivity index (χ0) is 20.3. The lowest BCUT2D eigenvalue weighted by atomic mass is 9.80. The first kappa shape index (κ1) is 19.1. The molecular formula is C17H24N6O4S. The molecule has 3 atom stereocenters. The minimum absolute atomic E-state index is 0.00200. The third-order valence-electron chi connectivity index (χ3n) is 5.95. The smallest absolute Gasteiger partial charge is 0.272 e. The van der Waals surface area contributed by atoms with Gasteiger partial charge in [-0.2, -0.15) is 10.1 Å². The molecule has 4 rings (SSSR count). The number of nitrogens with zero attached hydrogens (tertiary/aromatic N) is 5. The Labute approximate surface area is 163 Å². The van der Waals surface area contributed by atoms with Gasteiger partial charge in [0, 0.05) is 31.9 Å². The molecule has 0 unspecified atom stereocenters. The van der Waals surface area contributed by atoms with Crippen molar-refractivity contribution in [1.82, 2.24) is 29.5 Å². The maximum absolute atomic E-state index is 12.6. The van der Waals surface area contributed by atoms with Gasteiger partial charge in [0.05, 0.1) is 11.7 Å². The molecule has 2 aromatic rings. The minimum atomic E-state index is -3.33. The van der Waals surface area contributed by atoms with Crippen LogP contribution in [0.4, 0.5) is 0 Å². The van der Waals surface area contributed by atoms with Crippen molar-refractivity contribution in [3.63, 3.8) is 0 Å². The van der Waals surface area contributed by atoms with E-state index < -0.39 is 15.4 Å². The molecule has 1 aliphatic heterocycles. The van der Waals surface area contributed by atoms with Crippen LogP contribution in [0.3, 0.4) is 0 Å². The largest absolute Gasteiger partial charge is 0.348 e. The highest BCUT2D eigenvalue weighted by Crippen LogP contribution is 2.50. The van der Waals surface area contributed by atoms with Crippen LogP contribution in [0, 0.1) is 19.8 Å². The monoisotopic (exact) mass is 408 g/mol. The number of amides is 1. The van der Waals surface area contributed by atoms with Crippen LogP contribution in [0.2, 0.25) is 0 Å². The summed E-state index contributed by atoms with van der Waals surface area (Å²) in [6, 6.07) is 1.63. The predicted molar refractivity (Wildman–Crippen MR) is 99.1 cm³/mol. The van der Waals surface area contributed by atoms with Gasteiger partial charge >= 0.3 is 0 Å². The third kappa shape index (κ3) is 3.12. The Morgan fingerprint density at radius 2 is 2.14 bits per heavy atom. The predicted octanol–water partition coefficient (Wildman–Crippen LogP) is 0.142. The van der Waals surface area contributed by atoms with Gasteiger partial charge in [0.15, 0.2) is 5.82 Å². The van der Waals surface area contributed by atoms with Crippen LogP contribution in [0.15, 0.2) is 10.6 Å². The van der Waals surface area contributed by atoms with Crippen LogP contribution in [-0.4, -0.2) is 63.9 Å². The van der Waals surface area contributed by atoms with Crippen molar-refractivity contribution in [2.24, 2.45) is 13.0 Å². The number of fused-ring (bicyclic) bond motifs is 1. The second kappa shape index (κ2) is 6.38. The molecule has 1 N–H and O–H groups in total. The number of aromatic nitrogens is 4. The molecule has 1 saturated heterocycles. The Kier molecular flexibility index (Phi) is 4.34. The van der Waals surface area contributed by atoms with E-state index in [1.54, 1.807) is 24.7 Å². The second-order valence-corrected chi connectivity index (χ2v) is 9.94. The van der Waals surface area contributed by atoms with E-state index >= 15 is 0 Å². The van der Waals surface area contributed by atoms with Crippen LogP contribution in [0.1, 0.15) is 40.7 Å². The summed E-state index contributed by atoms with van der Waals surface area (Å²) in [4.78, 5) is 17.0. The normalized spacial score (nSPS) is 27.9. The zero-order valence-corrected chi connectivity index (χ0v) is 17.2. The number of aryl methyl sites for hydroxylation is 3. The number of carbonyl (C=O) groups excluding carboxylic acids is 1. The Hall–Kier alpha value is -2.27. The first-order valence-corrected chi connectivity index (χ1v) is 11.0. The summed E-state index contributed by atoms with van der Waals surface area (Å²) in [7, 11) is -1.54. The molecule has 3 heterocycles. The van der Waals surface area contributed by atoms with Gasteiger partial charge in [0.1, 0.15) is 5.69 Å². The van der Waals surface area contributed by atoms with Gasteiger partial charge in [0.25, 0.3) is 5.91 Å². The number of hydrogen-bond acceptors (Lipinski definition) is 7. The van der Waals surface area contributed by atoms with Crippen LogP contribution in [0.25, 0.3) is 0 Å². The quantitative estimate of drug-likeness (QED) is 0.763. The van der Waals surface area contributed by atoms with E-state index in [1.165, 1.54) is 10.6 Å². The molecule has 1 amide bonds. The molecule has 1 saturated carbocycles. The average Bonchev–Trinajstić information content (AvgIpc) is 3.30. The number of hydrogen-bond donors (Lipinski definition) is 1. The van der Waals surface area contributed by atoms with Gasteiger partial charge in [-0.05, 0) is 38.7 Å². The van der Waals surface area contributed by atoms with E-state index in [0.717, 1.165) is 5.69 Å². The first-order chi connectivity index (χ1) is 13.1. The number of carbonyl (C=O) groups is 1. The van der Waals surface area contributed by atoms with Gasteiger partial charge in [-0.1, -0.05) is 5.16 Å². The molecule has 11 heteroatoms. The lowest BCUT2D eigenvalue weighted by Crippen LogP contribution is -2.39. The second-order valence-electron chi connectivity index (χ2n) is 7.96. The molecule has 0 spiro atoms. The summed E-state index contributed by atoms with van der Waals surface area (Å²) in [6.45, 7) is 4.29. The van der Waals surface area contributed by atoms with E-state index in [2.05, 4.69) is 20.6 Å². The zero-order valence-electron chi connectivity index (χ0n) is 16.3. The first-order valence-electron chi connectivity index (χ1n) is 9.16. The van der Waals surface area contributed by atoms with Crippen molar-refractivity contribution >= 4 is 15.9 Å². The van der Waals surface area contributed by atoms with Crippen molar-refractivity contribution in [1.29, 1.82) is 0 Å². The summed E-state index contributed by atoms with van der Waals surface area (Å²) >= 11 is 0. The summed E-state index contributed by atoms with van der Waals surface area (Å²) < 4.78 is 32.8. The average molecular weight is 408 g/mol. The van der Waals surface area contributed by atoms with Crippen LogP contribution >= 0.6 is 0 Å². The lowest BCUT2D eigenvalue weighted by Gasteiger charge is -2.24. The van der Waals surface area contributed by atoms with Crippen molar-refractivity contribution in [3.05, 3.63) is 29.2 Å². The number of rotatable bonds is 4. The molecule has 0 aromatic carbocycles. The van der Waals surface area contributed by atoms with E-state index in [9.17, 15) is 13.2 Å². The molecule has 28 heavy (non-hydrogen) atoms. The van der Waals surface area contributed by atoms with E-state index in [0.29, 0.717) is 36.8 Å². The maximum atomic E-state index is 12.6. The number of nitrogens with one attached hydrogen (secondary N) is 1. The van der Waals surface area contributed by atoms with Crippen LogP contribution in [0.5, 0.6) is 0 Å². The molecule has 1 aliphatic carbocycles. The number of sulfonamides is 1. The van der Waals surface area contributed by atoms with Crippen LogP contribution < -0.4 is 5.32 Å². The fraction of sp³-hybridized carbons (Fsp3) is 0.647. The molecular weight excluding hydrogens is 384 g/mol. The molecule has 10 nitrogen and oxygen atoms in total. The third-order valence-corrected chi connectivity index (χ3v) is 7.16. The van der Waals surface area contributed by atoms with E-state index in [-0.39, 0.29) is 24.4 Å². The van der Waals surface area contributed by atoms with E-state index in [4.69, 9.17) is 4.52 Å². The SMILES string of the molecule is Cc1noc([C@]23C[C@H](NC(=O)c4cc(C)n(C)n4)C[C@H]2CN(S(C)(=O)=O)C3)n1. The minimum Gasteiger partial charge on any atom is -0.348 e. The van der Waals surface area contributed by atoms with Crippen molar-refractivity contribution < 1.29 is 17.7 Å². The molecule has 2 aliphatic rings. The Morgan fingerprint density at radius 1 is 1.39 bits per heavy atom. The van der Waals surface area contributed by atoms with Gasteiger partial charge in [-0.3, -0.25) is 9.48 Å². The highest BCUT2D eigenvalue weighted by molar-refractivity contribution is 7.88. The van der Waals surface area contributed by atoms with Gasteiger partial charge in [0.2, 0.25) is 15.9 Å². The Morgan fingerprint density at radius 3 is 2.71 bits per heavy atom. The van der Waals surface area contributed by atoms with E-state index in [1.807, 2.05) is 6.92 Å². The van der Waals surface area contributed by atoms with Gasteiger partial charge in [-0.25, -0.2) is 12.7 Å². The highest BCUT2D eigenvalue weighted by atomic mass is 32.2. The van der Waals surface area contributed by atoms with Crippen molar-refractivity contribution in [3.8, 4) is 0 Å². The van der Waals surface area contributed by atoms with Crippen molar-refractivity contribution in [2.75, 3.05) is 19.3 Å². The highest BCUT2D eigenvalue weighted by Gasteiger charge is 2.59. The Balaban J connectivity index is 1.58. The molecule has 0 radical (unpaired) electrons. The fourth-order valence-electron chi connectivity index (χ4n) is 4.45. The Bertz CT molecular complexity index is 1010. The lowest BCUT2D eigenvalue weighted by molar-refractivity contribution is 0.0929. The van der Waals surface area contributed by atoms with Gasteiger partial charge < -0.3 is 9.84 Å². The molecule has 152 valence electrons. The molecule has 2 fully saturated rings. The fourth-order valence-corrected chi connectivity index (χ4v) is 5.36. The summed E-state index contributed by atoms with van der Waals surface area (Å²) in [6.07, 6.45) is 2.40. The molecule has 2 aromatic heterocycles. The summed E-state index contributed by atoms with van der Waals surface area (Å²) in [5.41, 5.74) is 0.690. The topological polar surface area (TPSA) is 123 Å². The van der Waals surface area contributed by atoms with Gasteiger partial charge in [-0.15, -0.1) is 0 Å².